The molecule has 0 heterocycles. The number of benzene rings is 1. The predicted molar refractivity (Wildman–Crippen MR) is 102 cm³/mol. The van der Waals surface area contributed by atoms with Gasteiger partial charge in [0.2, 0.25) is 5.91 Å². The van der Waals surface area contributed by atoms with Crippen molar-refractivity contribution in [3.05, 3.63) is 29.3 Å². The van der Waals surface area contributed by atoms with E-state index in [1.807, 2.05) is 0 Å². The topological polar surface area (TPSA) is 84.2 Å². The Morgan fingerprint density at radius 3 is 2.25 bits per heavy atom. The summed E-state index contributed by atoms with van der Waals surface area (Å²) in [6.07, 6.45) is 0.0500. The van der Waals surface area contributed by atoms with E-state index in [-0.39, 0.29) is 47.6 Å². The second-order valence-corrected chi connectivity index (χ2v) is 7.66. The Kier molecular flexibility index (Phi) is 6.98. The summed E-state index contributed by atoms with van der Waals surface area (Å²) in [7, 11) is 0. The van der Waals surface area contributed by atoms with Gasteiger partial charge in [0, 0.05) is 30.3 Å². The molecule has 2 unspecified atom stereocenters. The number of rotatable bonds is 3. The van der Waals surface area contributed by atoms with E-state index in [4.69, 9.17) is 5.73 Å². The summed E-state index contributed by atoms with van der Waals surface area (Å²) < 4.78 is 39.5. The summed E-state index contributed by atoms with van der Waals surface area (Å²) in [4.78, 5) is 24.0. The molecule has 0 saturated heterocycles. The van der Waals surface area contributed by atoms with Gasteiger partial charge in [-0.2, -0.15) is 13.2 Å². The van der Waals surface area contributed by atoms with Crippen LogP contribution < -0.4 is 16.4 Å². The number of carbonyl (C=O) groups excluding carboxylic acids is 2. The molecule has 2 bridgehead atoms. The number of fused-ring (bicyclic) bond motifs is 2. The molecule has 0 aliphatic heterocycles. The molecule has 2 fully saturated rings. The highest BCUT2D eigenvalue weighted by molar-refractivity contribution is 5.97. The number of anilines is 1. The molecule has 0 radical (unpaired) electrons. The SMILES string of the molecule is CC(=O)Nc1cc(C(=O)NC2C3CCCC2CC(N)C3)cc(C(F)(F)F)c1.Cl. The molecule has 1 aromatic carbocycles. The Bertz CT molecular complexity index is 728. The third-order valence-corrected chi connectivity index (χ3v) is 5.52. The normalized spacial score (nSPS) is 26.8. The van der Waals surface area contributed by atoms with Crippen LogP contribution in [0.1, 0.15) is 54.9 Å². The van der Waals surface area contributed by atoms with Crippen molar-refractivity contribution in [1.29, 1.82) is 0 Å². The monoisotopic (exact) mass is 419 g/mol. The number of amides is 2. The second kappa shape index (κ2) is 8.69. The molecule has 2 saturated carbocycles. The highest BCUT2D eigenvalue weighted by Crippen LogP contribution is 2.40. The van der Waals surface area contributed by atoms with Crippen LogP contribution in [0.25, 0.3) is 0 Å². The molecule has 0 aromatic heterocycles. The molecule has 28 heavy (non-hydrogen) atoms. The number of halogens is 4. The van der Waals surface area contributed by atoms with Gasteiger partial charge in [-0.3, -0.25) is 9.59 Å². The Morgan fingerprint density at radius 2 is 1.71 bits per heavy atom. The zero-order valence-corrected chi connectivity index (χ0v) is 16.3. The summed E-state index contributed by atoms with van der Waals surface area (Å²) in [6.45, 7) is 1.20. The molecule has 5 nitrogen and oxygen atoms in total. The maximum atomic E-state index is 13.2. The number of hydrogen-bond donors (Lipinski definition) is 3. The van der Waals surface area contributed by atoms with Gasteiger partial charge < -0.3 is 16.4 Å². The minimum Gasteiger partial charge on any atom is -0.349 e. The summed E-state index contributed by atoms with van der Waals surface area (Å²) in [6, 6.07) is 2.98. The van der Waals surface area contributed by atoms with E-state index in [1.54, 1.807) is 0 Å². The minimum absolute atomic E-state index is 0. The van der Waals surface area contributed by atoms with Crippen LogP contribution in [0, 0.1) is 11.8 Å². The maximum absolute atomic E-state index is 13.2. The highest BCUT2D eigenvalue weighted by Gasteiger charge is 2.40. The van der Waals surface area contributed by atoms with Crippen molar-refractivity contribution in [3.8, 4) is 0 Å². The van der Waals surface area contributed by atoms with Crippen LogP contribution in [0.4, 0.5) is 18.9 Å². The zero-order valence-electron chi connectivity index (χ0n) is 15.5. The van der Waals surface area contributed by atoms with Crippen LogP contribution in [0.15, 0.2) is 18.2 Å². The fourth-order valence-electron chi connectivity index (χ4n) is 4.46. The third kappa shape index (κ3) is 5.17. The smallest absolute Gasteiger partial charge is 0.349 e. The molecule has 156 valence electrons. The van der Waals surface area contributed by atoms with Gasteiger partial charge in [-0.05, 0) is 55.7 Å². The molecule has 4 N–H and O–H groups in total. The number of alkyl halides is 3. The number of nitrogens with one attached hydrogen (secondary N) is 2. The number of carbonyl (C=O) groups is 2. The number of nitrogens with two attached hydrogens (primary N) is 1. The van der Waals surface area contributed by atoms with Crippen molar-refractivity contribution >= 4 is 29.9 Å². The first-order chi connectivity index (χ1) is 12.6. The lowest BCUT2D eigenvalue weighted by Gasteiger charge is -2.45. The minimum atomic E-state index is -4.61. The van der Waals surface area contributed by atoms with E-state index in [1.165, 1.54) is 13.0 Å². The summed E-state index contributed by atoms with van der Waals surface area (Å²) >= 11 is 0. The van der Waals surface area contributed by atoms with Crippen LogP contribution in [-0.2, 0) is 11.0 Å². The van der Waals surface area contributed by atoms with E-state index in [0.29, 0.717) is 0 Å². The summed E-state index contributed by atoms with van der Waals surface area (Å²) in [5.41, 5.74) is 4.96. The Morgan fingerprint density at radius 1 is 1.11 bits per heavy atom. The molecule has 2 aliphatic carbocycles. The zero-order chi connectivity index (χ0) is 19.8. The van der Waals surface area contributed by atoms with Gasteiger partial charge in [0.05, 0.1) is 5.56 Å². The Labute approximate surface area is 168 Å². The predicted octanol–water partition coefficient (Wildman–Crippen LogP) is 3.72. The van der Waals surface area contributed by atoms with Gasteiger partial charge in [-0.1, -0.05) is 6.42 Å². The van der Waals surface area contributed by atoms with Crippen molar-refractivity contribution in [1.82, 2.24) is 5.32 Å². The van der Waals surface area contributed by atoms with Gasteiger partial charge in [0.15, 0.2) is 0 Å². The Balaban J connectivity index is 0.00000280. The van der Waals surface area contributed by atoms with E-state index < -0.39 is 23.6 Å². The van der Waals surface area contributed by atoms with Crippen LogP contribution in [0.2, 0.25) is 0 Å². The molecule has 2 aliphatic rings. The van der Waals surface area contributed by atoms with Crippen LogP contribution in [0.3, 0.4) is 0 Å². The van der Waals surface area contributed by atoms with Gasteiger partial charge in [0.25, 0.3) is 5.91 Å². The van der Waals surface area contributed by atoms with Crippen LogP contribution in [0.5, 0.6) is 0 Å². The van der Waals surface area contributed by atoms with E-state index in [9.17, 15) is 22.8 Å². The van der Waals surface area contributed by atoms with Crippen molar-refractivity contribution in [2.75, 3.05) is 5.32 Å². The fraction of sp³-hybridized carbons (Fsp3) is 0.579. The molecular weight excluding hydrogens is 395 g/mol. The van der Waals surface area contributed by atoms with Gasteiger partial charge in [0.1, 0.15) is 0 Å². The quantitative estimate of drug-likeness (QED) is 0.698. The molecule has 9 heteroatoms. The molecular formula is C19H25ClF3N3O2. The van der Waals surface area contributed by atoms with E-state index in [2.05, 4.69) is 10.6 Å². The van der Waals surface area contributed by atoms with Crippen molar-refractivity contribution in [3.63, 3.8) is 0 Å². The lowest BCUT2D eigenvalue weighted by Crippen LogP contribution is -2.53. The highest BCUT2D eigenvalue weighted by atomic mass is 35.5. The average Bonchev–Trinajstić information content (AvgIpc) is 2.54. The van der Waals surface area contributed by atoms with Gasteiger partial charge in [-0.15, -0.1) is 12.4 Å². The number of hydrogen-bond acceptors (Lipinski definition) is 3. The standard InChI is InChI=1S/C19H24F3N3O2.ClH/c1-10(26)24-16-8-13(5-14(9-16)19(20,21)22)18(27)25-17-11-3-2-4-12(17)7-15(23)6-11;/h5,8-9,11-12,15,17H,2-4,6-7,23H2,1H3,(H,24,26)(H,25,27);1H. The van der Waals surface area contributed by atoms with E-state index >= 15 is 0 Å². The maximum Gasteiger partial charge on any atom is 0.416 e. The first-order valence-electron chi connectivity index (χ1n) is 9.20. The van der Waals surface area contributed by atoms with Crippen molar-refractivity contribution in [2.24, 2.45) is 17.6 Å². The van der Waals surface area contributed by atoms with Crippen molar-refractivity contribution < 1.29 is 22.8 Å². The molecule has 0 spiro atoms. The fourth-order valence-corrected chi connectivity index (χ4v) is 4.46. The van der Waals surface area contributed by atoms with Crippen molar-refractivity contribution in [2.45, 2.75) is 57.3 Å². The summed E-state index contributed by atoms with van der Waals surface area (Å²) in [5.74, 6) is -0.532. The summed E-state index contributed by atoms with van der Waals surface area (Å²) in [5, 5.41) is 5.27. The lowest BCUT2D eigenvalue weighted by molar-refractivity contribution is -0.137. The Hall–Kier alpha value is -1.80. The molecule has 2 amide bonds. The first kappa shape index (κ1) is 22.5. The van der Waals surface area contributed by atoms with Crippen LogP contribution >= 0.6 is 12.4 Å². The third-order valence-electron chi connectivity index (χ3n) is 5.52. The van der Waals surface area contributed by atoms with E-state index in [0.717, 1.165) is 44.2 Å². The first-order valence-corrected chi connectivity index (χ1v) is 9.20. The average molecular weight is 420 g/mol. The largest absolute Gasteiger partial charge is 0.416 e. The van der Waals surface area contributed by atoms with Gasteiger partial charge >= 0.3 is 6.18 Å². The second-order valence-electron chi connectivity index (χ2n) is 7.66. The lowest BCUT2D eigenvalue weighted by atomic mass is 9.67. The molecule has 3 rings (SSSR count). The molecule has 1 aromatic rings. The van der Waals surface area contributed by atoms with Crippen LogP contribution in [-0.4, -0.2) is 23.9 Å². The molecule has 2 atom stereocenters. The van der Waals surface area contributed by atoms with Gasteiger partial charge in [-0.25, -0.2) is 0 Å².